The fraction of sp³-hybridized carbons (Fsp3) is 0.235. The maximum absolute atomic E-state index is 10.5. The third-order valence-electron chi connectivity index (χ3n) is 2.99. The van der Waals surface area contributed by atoms with Gasteiger partial charge in [0, 0.05) is 10.9 Å². The Bertz CT molecular complexity index is 593. The van der Waals surface area contributed by atoms with Crippen molar-refractivity contribution in [1.29, 1.82) is 0 Å². The first-order chi connectivity index (χ1) is 10.6. The first-order valence-corrected chi connectivity index (χ1v) is 7.75. The third-order valence-corrected chi connectivity index (χ3v) is 3.51. The molecule has 0 saturated heterocycles. The third kappa shape index (κ3) is 5.77. The van der Waals surface area contributed by atoms with Gasteiger partial charge in [-0.2, -0.15) is 0 Å². The minimum atomic E-state index is -0.787. The van der Waals surface area contributed by atoms with E-state index in [1.54, 1.807) is 0 Å². The number of aryl methyl sites for hydroxylation is 1. The summed E-state index contributed by atoms with van der Waals surface area (Å²) in [7, 11) is 0. The number of hydrogen-bond donors (Lipinski definition) is 1. The Morgan fingerprint density at radius 2 is 1.41 bits per heavy atom. The van der Waals surface area contributed by atoms with Gasteiger partial charge in [0.1, 0.15) is 24.7 Å². The molecule has 2 rings (SSSR count). The number of rotatable bonds is 8. The average molecular weight is 365 g/mol. The lowest BCUT2D eigenvalue weighted by atomic mass is 10.1. The van der Waals surface area contributed by atoms with Gasteiger partial charge in [0.05, 0.1) is 0 Å². The fourth-order valence-corrected chi connectivity index (χ4v) is 2.12. The summed E-state index contributed by atoms with van der Waals surface area (Å²) < 4.78 is 12.2. The number of carboxylic acids is 1. The molecule has 2 aromatic carbocycles. The lowest BCUT2D eigenvalue weighted by molar-refractivity contribution is -0.136. The Labute approximate surface area is 137 Å². The lowest BCUT2D eigenvalue weighted by Crippen LogP contribution is -2.08. The zero-order chi connectivity index (χ0) is 15.8. The van der Waals surface area contributed by atoms with Crippen molar-refractivity contribution < 1.29 is 19.4 Å². The van der Waals surface area contributed by atoms with Crippen molar-refractivity contribution in [2.24, 2.45) is 0 Å². The summed E-state index contributed by atoms with van der Waals surface area (Å²) in [6.45, 7) is 0.910. The van der Waals surface area contributed by atoms with Crippen LogP contribution in [0.15, 0.2) is 53.0 Å². The summed E-state index contributed by atoms with van der Waals surface area (Å²) in [6, 6.07) is 15.1. The summed E-state index contributed by atoms with van der Waals surface area (Å²) in [6.07, 6.45) is 0.670. The smallest absolute Gasteiger partial charge is 0.303 e. The number of carbonyl (C=O) groups is 1. The topological polar surface area (TPSA) is 55.8 Å². The van der Waals surface area contributed by atoms with Crippen LogP contribution in [0.2, 0.25) is 0 Å². The number of ether oxygens (including phenoxy) is 2. The van der Waals surface area contributed by atoms with Gasteiger partial charge in [-0.15, -0.1) is 0 Å². The molecule has 0 bridgehead atoms. The van der Waals surface area contributed by atoms with Crippen molar-refractivity contribution in [3.05, 3.63) is 58.6 Å². The fourth-order valence-electron chi connectivity index (χ4n) is 1.85. The Balaban J connectivity index is 1.70. The highest BCUT2D eigenvalue weighted by Crippen LogP contribution is 2.16. The SMILES string of the molecule is O=C(O)CCc1ccc(OCCOc2ccc(Br)cc2)cc1. The summed E-state index contributed by atoms with van der Waals surface area (Å²) in [5.74, 6) is 0.764. The number of hydrogen-bond acceptors (Lipinski definition) is 3. The van der Waals surface area contributed by atoms with E-state index in [0.717, 1.165) is 21.5 Å². The van der Waals surface area contributed by atoms with Gasteiger partial charge in [-0.25, -0.2) is 0 Å². The van der Waals surface area contributed by atoms with Crippen molar-refractivity contribution in [2.45, 2.75) is 12.8 Å². The van der Waals surface area contributed by atoms with E-state index in [0.29, 0.717) is 19.6 Å². The second kappa shape index (κ2) is 8.44. The van der Waals surface area contributed by atoms with Gasteiger partial charge in [-0.05, 0) is 48.4 Å². The van der Waals surface area contributed by atoms with Gasteiger partial charge in [-0.1, -0.05) is 28.1 Å². The van der Waals surface area contributed by atoms with Crippen LogP contribution < -0.4 is 9.47 Å². The molecule has 0 unspecified atom stereocenters. The van der Waals surface area contributed by atoms with Crippen molar-refractivity contribution in [3.8, 4) is 11.5 Å². The number of benzene rings is 2. The quantitative estimate of drug-likeness (QED) is 0.721. The van der Waals surface area contributed by atoms with Crippen LogP contribution in [-0.4, -0.2) is 24.3 Å². The van der Waals surface area contributed by atoms with Crippen molar-refractivity contribution in [3.63, 3.8) is 0 Å². The number of aliphatic carboxylic acids is 1. The lowest BCUT2D eigenvalue weighted by Gasteiger charge is -2.09. The zero-order valence-corrected chi connectivity index (χ0v) is 13.6. The molecule has 1 N–H and O–H groups in total. The van der Waals surface area contributed by atoms with Crippen molar-refractivity contribution >= 4 is 21.9 Å². The molecule has 4 nitrogen and oxygen atoms in total. The minimum Gasteiger partial charge on any atom is -0.490 e. The highest BCUT2D eigenvalue weighted by Gasteiger charge is 2.00. The molecule has 116 valence electrons. The average Bonchev–Trinajstić information content (AvgIpc) is 2.52. The molecule has 0 aliphatic carbocycles. The molecule has 0 atom stereocenters. The molecule has 0 spiro atoms. The first-order valence-electron chi connectivity index (χ1n) is 6.95. The molecule has 0 aliphatic heterocycles. The summed E-state index contributed by atoms with van der Waals surface area (Å²) >= 11 is 3.37. The monoisotopic (exact) mass is 364 g/mol. The number of carboxylic acid groups (broad SMARTS) is 1. The van der Waals surface area contributed by atoms with E-state index < -0.39 is 5.97 Å². The molecule has 0 radical (unpaired) electrons. The van der Waals surface area contributed by atoms with E-state index in [1.807, 2.05) is 48.5 Å². The normalized spacial score (nSPS) is 10.2. The molecule has 22 heavy (non-hydrogen) atoms. The zero-order valence-electron chi connectivity index (χ0n) is 12.0. The largest absolute Gasteiger partial charge is 0.490 e. The molecule has 5 heteroatoms. The van der Waals surface area contributed by atoms with Crippen molar-refractivity contribution in [2.75, 3.05) is 13.2 Å². The second-order valence-electron chi connectivity index (χ2n) is 4.69. The summed E-state index contributed by atoms with van der Waals surface area (Å²) in [4.78, 5) is 10.5. The summed E-state index contributed by atoms with van der Waals surface area (Å²) in [5.41, 5.74) is 0.987. The Hall–Kier alpha value is -2.01. The first kappa shape index (κ1) is 16.4. The van der Waals surface area contributed by atoms with Crippen molar-refractivity contribution in [1.82, 2.24) is 0 Å². The molecule has 0 aromatic heterocycles. The van der Waals surface area contributed by atoms with Crippen LogP contribution >= 0.6 is 15.9 Å². The Kier molecular flexibility index (Phi) is 6.27. The maximum Gasteiger partial charge on any atom is 0.303 e. The molecular weight excluding hydrogens is 348 g/mol. The predicted molar refractivity (Wildman–Crippen MR) is 87.5 cm³/mol. The van der Waals surface area contributed by atoms with Crippen LogP contribution in [0.3, 0.4) is 0 Å². The molecule has 2 aromatic rings. The molecule has 0 heterocycles. The highest BCUT2D eigenvalue weighted by atomic mass is 79.9. The number of halogens is 1. The van der Waals surface area contributed by atoms with E-state index in [4.69, 9.17) is 14.6 Å². The minimum absolute atomic E-state index is 0.140. The van der Waals surface area contributed by atoms with Gasteiger partial charge in [0.25, 0.3) is 0 Å². The molecule has 0 fully saturated rings. The Morgan fingerprint density at radius 3 is 1.91 bits per heavy atom. The molecule has 0 aliphatic rings. The van der Waals surface area contributed by atoms with Crippen LogP contribution in [-0.2, 0) is 11.2 Å². The van der Waals surface area contributed by atoms with E-state index >= 15 is 0 Å². The Morgan fingerprint density at radius 1 is 0.909 bits per heavy atom. The van der Waals surface area contributed by atoms with Gasteiger partial charge >= 0.3 is 5.97 Å². The van der Waals surface area contributed by atoms with Crippen LogP contribution in [0.5, 0.6) is 11.5 Å². The second-order valence-corrected chi connectivity index (χ2v) is 5.60. The van der Waals surface area contributed by atoms with Crippen LogP contribution in [0.1, 0.15) is 12.0 Å². The van der Waals surface area contributed by atoms with Crippen LogP contribution in [0.4, 0.5) is 0 Å². The van der Waals surface area contributed by atoms with Crippen LogP contribution in [0.25, 0.3) is 0 Å². The van der Waals surface area contributed by atoms with E-state index in [1.165, 1.54) is 0 Å². The molecule has 0 saturated carbocycles. The van der Waals surface area contributed by atoms with Gasteiger partial charge in [-0.3, -0.25) is 4.79 Å². The van der Waals surface area contributed by atoms with Crippen LogP contribution in [0, 0.1) is 0 Å². The molecular formula is C17H17BrO4. The van der Waals surface area contributed by atoms with E-state index in [-0.39, 0.29) is 6.42 Å². The van der Waals surface area contributed by atoms with E-state index in [9.17, 15) is 4.79 Å². The van der Waals surface area contributed by atoms with Gasteiger partial charge in [0.15, 0.2) is 0 Å². The maximum atomic E-state index is 10.5. The molecule has 0 amide bonds. The summed E-state index contributed by atoms with van der Waals surface area (Å²) in [5, 5.41) is 8.64. The van der Waals surface area contributed by atoms with E-state index in [2.05, 4.69) is 15.9 Å². The van der Waals surface area contributed by atoms with Gasteiger partial charge < -0.3 is 14.6 Å². The van der Waals surface area contributed by atoms with Gasteiger partial charge in [0.2, 0.25) is 0 Å². The predicted octanol–water partition coefficient (Wildman–Crippen LogP) is 3.92. The highest BCUT2D eigenvalue weighted by molar-refractivity contribution is 9.10. The standard InChI is InChI=1S/C17H17BrO4/c18-14-4-8-16(9-5-14)22-12-11-21-15-6-1-13(2-7-15)3-10-17(19)20/h1-2,4-9H,3,10-12H2,(H,19,20).